The monoisotopic (exact) mass is 247 g/mol. The summed E-state index contributed by atoms with van der Waals surface area (Å²) >= 11 is 0. The van der Waals surface area contributed by atoms with E-state index in [2.05, 4.69) is 15.9 Å². The maximum atomic E-state index is 12.2. The Hall–Kier alpha value is -2.29. The molecule has 6 heteroatoms. The molecule has 1 saturated carbocycles. The van der Waals surface area contributed by atoms with E-state index in [4.69, 9.17) is 11.5 Å². The second-order valence-electron chi connectivity index (χ2n) is 4.26. The predicted octanol–water partition coefficient (Wildman–Crippen LogP) is 0.593. The summed E-state index contributed by atoms with van der Waals surface area (Å²) in [4.78, 5) is 30.8. The fourth-order valence-corrected chi connectivity index (χ4v) is 1.71. The fraction of sp³-hybridized carbons (Fsp3) is 0.417. The number of aromatic nitrogens is 2. The molecule has 1 aromatic heterocycles. The molecule has 1 aliphatic carbocycles. The number of H-pyrrole nitrogens is 1. The molecule has 0 aliphatic heterocycles. The van der Waals surface area contributed by atoms with Gasteiger partial charge in [0.2, 0.25) is 0 Å². The molecule has 2 N–H and O–H groups in total. The maximum absolute atomic E-state index is 12.2. The van der Waals surface area contributed by atoms with Gasteiger partial charge < -0.3 is 15.0 Å². The summed E-state index contributed by atoms with van der Waals surface area (Å²) in [7, 11) is 0. The van der Waals surface area contributed by atoms with Crippen molar-refractivity contribution in [2.45, 2.75) is 12.8 Å². The van der Waals surface area contributed by atoms with Crippen LogP contribution < -0.4 is 0 Å². The van der Waals surface area contributed by atoms with Crippen LogP contribution in [0.1, 0.15) is 33.8 Å². The lowest BCUT2D eigenvalue weighted by atomic mass is 10.2. The molecule has 0 spiro atoms. The van der Waals surface area contributed by atoms with Crippen molar-refractivity contribution in [1.82, 2.24) is 14.9 Å². The fourth-order valence-electron chi connectivity index (χ4n) is 1.71. The van der Waals surface area contributed by atoms with Crippen LogP contribution in [0.4, 0.5) is 0 Å². The summed E-state index contributed by atoms with van der Waals surface area (Å²) in [6.45, 7) is 0.732. The number of carbonyl (C=O) groups is 2. The molecule has 6 nitrogen and oxygen atoms in total. The molecule has 1 aromatic rings. The molecule has 0 saturated heterocycles. The van der Waals surface area contributed by atoms with Crippen molar-refractivity contribution in [1.29, 1.82) is 0 Å². The first-order chi connectivity index (χ1) is 8.63. The Morgan fingerprint density at radius 3 is 2.89 bits per heavy atom. The molecule has 94 valence electrons. The minimum absolute atomic E-state index is 0.0848. The van der Waals surface area contributed by atoms with Crippen LogP contribution in [0.25, 0.3) is 0 Å². The highest BCUT2D eigenvalue weighted by atomic mass is 16.4. The number of nitrogens with zero attached hydrogens (tertiary/aromatic N) is 2. The van der Waals surface area contributed by atoms with Gasteiger partial charge in [0.25, 0.3) is 5.91 Å². The van der Waals surface area contributed by atoms with E-state index in [1.807, 2.05) is 0 Å². The van der Waals surface area contributed by atoms with E-state index in [0.717, 1.165) is 12.8 Å². The topological polar surface area (TPSA) is 86.3 Å². The minimum Gasteiger partial charge on any atom is -0.477 e. The quantitative estimate of drug-likeness (QED) is 0.746. The molecule has 18 heavy (non-hydrogen) atoms. The number of imidazole rings is 1. The first kappa shape index (κ1) is 12.2. The molecular weight excluding hydrogens is 234 g/mol. The van der Waals surface area contributed by atoms with Gasteiger partial charge in [0.1, 0.15) is 0 Å². The number of terminal acetylenes is 1. The number of rotatable bonds is 5. The van der Waals surface area contributed by atoms with Crippen molar-refractivity contribution < 1.29 is 14.7 Å². The normalized spacial score (nSPS) is 13.9. The lowest BCUT2D eigenvalue weighted by Gasteiger charge is -2.19. The van der Waals surface area contributed by atoms with Crippen molar-refractivity contribution in [2.24, 2.45) is 5.92 Å². The smallest absolute Gasteiger partial charge is 0.354 e. The third kappa shape index (κ3) is 2.51. The van der Waals surface area contributed by atoms with E-state index in [-0.39, 0.29) is 17.9 Å². The van der Waals surface area contributed by atoms with Gasteiger partial charge in [-0.25, -0.2) is 9.78 Å². The third-order valence-electron chi connectivity index (χ3n) is 2.80. The SMILES string of the molecule is C#CCN(CC1CC1)C(=O)c1nc[nH]c1C(=O)O. The van der Waals surface area contributed by atoms with Crippen LogP contribution >= 0.6 is 0 Å². The van der Waals surface area contributed by atoms with Crippen molar-refractivity contribution >= 4 is 11.9 Å². The van der Waals surface area contributed by atoms with E-state index < -0.39 is 11.9 Å². The van der Waals surface area contributed by atoms with Gasteiger partial charge in [0.15, 0.2) is 11.4 Å². The number of carboxylic acids is 1. The number of hydrogen-bond acceptors (Lipinski definition) is 3. The van der Waals surface area contributed by atoms with Gasteiger partial charge in [-0.15, -0.1) is 6.42 Å². The number of carboxylic acid groups (broad SMARTS) is 1. The highest BCUT2D eigenvalue weighted by molar-refractivity contribution is 6.02. The zero-order chi connectivity index (χ0) is 13.1. The molecule has 1 fully saturated rings. The molecular formula is C12H13N3O3. The maximum Gasteiger partial charge on any atom is 0.354 e. The zero-order valence-electron chi connectivity index (χ0n) is 9.72. The predicted molar refractivity (Wildman–Crippen MR) is 63.0 cm³/mol. The lowest BCUT2D eigenvalue weighted by Crippen LogP contribution is -2.34. The van der Waals surface area contributed by atoms with E-state index in [1.54, 1.807) is 0 Å². The Kier molecular flexibility index (Phi) is 3.33. The highest BCUT2D eigenvalue weighted by Gasteiger charge is 2.29. The Morgan fingerprint density at radius 1 is 1.61 bits per heavy atom. The van der Waals surface area contributed by atoms with Gasteiger partial charge in [-0.05, 0) is 18.8 Å². The Morgan fingerprint density at radius 2 is 2.33 bits per heavy atom. The van der Waals surface area contributed by atoms with E-state index in [1.165, 1.54) is 11.2 Å². The first-order valence-corrected chi connectivity index (χ1v) is 5.63. The van der Waals surface area contributed by atoms with Crippen molar-refractivity contribution in [3.8, 4) is 12.3 Å². The highest BCUT2D eigenvalue weighted by Crippen LogP contribution is 2.30. The van der Waals surface area contributed by atoms with Crippen molar-refractivity contribution in [3.63, 3.8) is 0 Å². The summed E-state index contributed by atoms with van der Waals surface area (Å²) in [5, 5.41) is 8.93. The van der Waals surface area contributed by atoms with E-state index in [0.29, 0.717) is 12.5 Å². The molecule has 1 heterocycles. The number of hydrogen-bond donors (Lipinski definition) is 2. The summed E-state index contributed by atoms with van der Waals surface area (Å²) in [6, 6.07) is 0. The molecule has 0 atom stereocenters. The number of nitrogens with one attached hydrogen (secondary N) is 1. The van der Waals surface area contributed by atoms with E-state index >= 15 is 0 Å². The second-order valence-corrected chi connectivity index (χ2v) is 4.26. The summed E-state index contributed by atoms with van der Waals surface area (Å²) < 4.78 is 0. The molecule has 1 amide bonds. The summed E-state index contributed by atoms with van der Waals surface area (Å²) in [6.07, 6.45) is 8.59. The van der Waals surface area contributed by atoms with Gasteiger partial charge in [-0.3, -0.25) is 4.79 Å². The van der Waals surface area contributed by atoms with Crippen LogP contribution in [0.5, 0.6) is 0 Å². The number of aromatic amines is 1. The molecule has 0 bridgehead atoms. The Labute approximate surface area is 104 Å². The lowest BCUT2D eigenvalue weighted by molar-refractivity contribution is 0.0671. The summed E-state index contributed by atoms with van der Waals surface area (Å²) in [5.74, 6) is 1.26. The Balaban J connectivity index is 2.18. The molecule has 2 rings (SSSR count). The third-order valence-corrected chi connectivity index (χ3v) is 2.80. The van der Waals surface area contributed by atoms with Gasteiger partial charge >= 0.3 is 5.97 Å². The number of aromatic carboxylic acids is 1. The van der Waals surface area contributed by atoms with Crippen LogP contribution in [0.3, 0.4) is 0 Å². The van der Waals surface area contributed by atoms with E-state index in [9.17, 15) is 9.59 Å². The van der Waals surface area contributed by atoms with Crippen LogP contribution in [0.2, 0.25) is 0 Å². The molecule has 0 aromatic carbocycles. The standard InChI is InChI=1S/C12H13N3O3/c1-2-5-15(6-8-3-4-8)11(16)9-10(12(17)18)14-7-13-9/h1,7-8H,3-6H2,(H,13,14)(H,17,18). The first-order valence-electron chi connectivity index (χ1n) is 5.63. The molecule has 0 radical (unpaired) electrons. The van der Waals surface area contributed by atoms with Crippen molar-refractivity contribution in [3.05, 3.63) is 17.7 Å². The van der Waals surface area contributed by atoms with Crippen LogP contribution in [0, 0.1) is 18.3 Å². The number of amides is 1. The van der Waals surface area contributed by atoms with Gasteiger partial charge in [0.05, 0.1) is 12.9 Å². The van der Waals surface area contributed by atoms with Crippen LogP contribution in [-0.4, -0.2) is 44.9 Å². The van der Waals surface area contributed by atoms with Gasteiger partial charge in [-0.2, -0.15) is 0 Å². The Bertz CT molecular complexity index is 511. The van der Waals surface area contributed by atoms with Crippen LogP contribution in [0.15, 0.2) is 6.33 Å². The number of carbonyl (C=O) groups excluding carboxylic acids is 1. The van der Waals surface area contributed by atoms with Crippen molar-refractivity contribution in [2.75, 3.05) is 13.1 Å². The second kappa shape index (κ2) is 4.92. The zero-order valence-corrected chi connectivity index (χ0v) is 9.72. The molecule has 1 aliphatic rings. The van der Waals surface area contributed by atoms with Crippen LogP contribution in [-0.2, 0) is 0 Å². The largest absolute Gasteiger partial charge is 0.477 e. The average Bonchev–Trinajstić information content (AvgIpc) is 3.01. The average molecular weight is 247 g/mol. The minimum atomic E-state index is -1.21. The molecule has 0 unspecified atom stereocenters. The van der Waals surface area contributed by atoms with Gasteiger partial charge in [0, 0.05) is 6.54 Å². The van der Waals surface area contributed by atoms with Gasteiger partial charge in [-0.1, -0.05) is 5.92 Å². The summed E-state index contributed by atoms with van der Waals surface area (Å²) in [5.41, 5.74) is -0.281.